The molecule has 92 valence electrons. The topological polar surface area (TPSA) is 26.3 Å². The number of carbonyl (C=O) groups is 1. The lowest BCUT2D eigenvalue weighted by atomic mass is 9.71. The van der Waals surface area contributed by atoms with E-state index >= 15 is 0 Å². The quantitative estimate of drug-likeness (QED) is 0.535. The van der Waals surface area contributed by atoms with Gasteiger partial charge in [0.2, 0.25) is 0 Å². The van der Waals surface area contributed by atoms with Crippen molar-refractivity contribution in [3.63, 3.8) is 0 Å². The average Bonchev–Trinajstić information content (AvgIpc) is 2.67. The maximum absolute atomic E-state index is 11.7. The van der Waals surface area contributed by atoms with Crippen molar-refractivity contribution in [2.75, 3.05) is 0 Å². The van der Waals surface area contributed by atoms with E-state index in [9.17, 15) is 4.79 Å². The van der Waals surface area contributed by atoms with E-state index < -0.39 is 0 Å². The number of esters is 1. The Morgan fingerprint density at radius 2 is 1.88 bits per heavy atom. The minimum absolute atomic E-state index is 0.0502. The third kappa shape index (κ3) is 2.31. The average molecular weight is 224 g/mol. The van der Waals surface area contributed by atoms with Gasteiger partial charge >= 0.3 is 5.97 Å². The summed E-state index contributed by atoms with van der Waals surface area (Å²) in [4.78, 5) is 11.7. The fourth-order valence-electron chi connectivity index (χ4n) is 2.45. The SMILES string of the molecule is C=C(C)C(=O)OC1(C(C)(C)CC)CCCC1. The van der Waals surface area contributed by atoms with Gasteiger partial charge < -0.3 is 4.74 Å². The van der Waals surface area contributed by atoms with E-state index in [1.165, 1.54) is 0 Å². The van der Waals surface area contributed by atoms with E-state index in [0.29, 0.717) is 5.57 Å². The molecule has 0 amide bonds. The molecule has 16 heavy (non-hydrogen) atoms. The summed E-state index contributed by atoms with van der Waals surface area (Å²) in [5.74, 6) is -0.233. The number of hydrogen-bond donors (Lipinski definition) is 0. The molecular formula is C14H24O2. The largest absolute Gasteiger partial charge is 0.455 e. The molecule has 0 radical (unpaired) electrons. The summed E-state index contributed by atoms with van der Waals surface area (Å²) >= 11 is 0. The van der Waals surface area contributed by atoms with Gasteiger partial charge in [0.15, 0.2) is 0 Å². The lowest BCUT2D eigenvalue weighted by Crippen LogP contribution is -2.46. The molecule has 0 spiro atoms. The van der Waals surface area contributed by atoms with Crippen molar-refractivity contribution in [3.8, 4) is 0 Å². The summed E-state index contributed by atoms with van der Waals surface area (Å²) in [7, 11) is 0. The zero-order chi connectivity index (χ0) is 12.4. The van der Waals surface area contributed by atoms with Gasteiger partial charge in [0.25, 0.3) is 0 Å². The van der Waals surface area contributed by atoms with Gasteiger partial charge in [-0.3, -0.25) is 0 Å². The molecule has 0 saturated heterocycles. The van der Waals surface area contributed by atoms with Crippen molar-refractivity contribution in [3.05, 3.63) is 12.2 Å². The minimum atomic E-state index is -0.266. The van der Waals surface area contributed by atoms with Gasteiger partial charge in [0, 0.05) is 11.0 Å². The molecule has 0 atom stereocenters. The third-order valence-corrected chi connectivity index (χ3v) is 4.17. The van der Waals surface area contributed by atoms with Crippen LogP contribution < -0.4 is 0 Å². The number of rotatable bonds is 4. The first-order valence-electron chi connectivity index (χ1n) is 6.23. The maximum Gasteiger partial charge on any atom is 0.333 e. The summed E-state index contributed by atoms with van der Waals surface area (Å²) in [5, 5.41) is 0. The minimum Gasteiger partial charge on any atom is -0.455 e. The first kappa shape index (κ1) is 13.3. The van der Waals surface area contributed by atoms with Crippen LogP contribution in [0.4, 0.5) is 0 Å². The first-order valence-corrected chi connectivity index (χ1v) is 6.23. The maximum atomic E-state index is 11.7. The predicted octanol–water partition coefficient (Wildman–Crippen LogP) is 3.85. The molecule has 0 aromatic heterocycles. The molecule has 1 fully saturated rings. The van der Waals surface area contributed by atoms with Gasteiger partial charge in [-0.25, -0.2) is 4.79 Å². The van der Waals surface area contributed by atoms with Gasteiger partial charge in [0.05, 0.1) is 0 Å². The van der Waals surface area contributed by atoms with Gasteiger partial charge in [0.1, 0.15) is 5.60 Å². The smallest absolute Gasteiger partial charge is 0.333 e. The van der Waals surface area contributed by atoms with Crippen LogP contribution in [0.25, 0.3) is 0 Å². The Kier molecular flexibility index (Phi) is 3.82. The van der Waals surface area contributed by atoms with Gasteiger partial charge in [-0.15, -0.1) is 0 Å². The van der Waals surface area contributed by atoms with E-state index in [1.54, 1.807) is 6.92 Å². The first-order chi connectivity index (χ1) is 7.34. The van der Waals surface area contributed by atoms with Gasteiger partial charge in [-0.2, -0.15) is 0 Å². The normalized spacial score (nSPS) is 19.5. The van der Waals surface area contributed by atoms with Crippen LogP contribution >= 0.6 is 0 Å². The molecule has 0 aliphatic heterocycles. The highest BCUT2D eigenvalue weighted by molar-refractivity contribution is 5.87. The van der Waals surface area contributed by atoms with Crippen LogP contribution in [0.5, 0.6) is 0 Å². The summed E-state index contributed by atoms with van der Waals surface area (Å²) < 4.78 is 5.78. The molecule has 1 saturated carbocycles. The Hall–Kier alpha value is -0.790. The van der Waals surface area contributed by atoms with Gasteiger partial charge in [-0.05, 0) is 39.0 Å². The lowest BCUT2D eigenvalue weighted by Gasteiger charge is -2.43. The van der Waals surface area contributed by atoms with Crippen molar-refractivity contribution in [1.29, 1.82) is 0 Å². The fourth-order valence-corrected chi connectivity index (χ4v) is 2.45. The van der Waals surface area contributed by atoms with Crippen molar-refractivity contribution >= 4 is 5.97 Å². The standard InChI is InChI=1S/C14H24O2/c1-6-13(4,5)14(9-7-8-10-14)16-12(15)11(2)3/h2,6-10H2,1,3-5H3. The van der Waals surface area contributed by atoms with Crippen LogP contribution in [0.1, 0.15) is 59.8 Å². The van der Waals surface area contributed by atoms with Gasteiger partial charge in [-0.1, -0.05) is 27.4 Å². The Bertz CT molecular complexity index is 283. The number of ether oxygens (including phenoxy) is 1. The summed E-state index contributed by atoms with van der Waals surface area (Å²) in [6.45, 7) is 11.9. The molecule has 0 N–H and O–H groups in total. The Balaban J connectivity index is 2.90. The van der Waals surface area contributed by atoms with Crippen molar-refractivity contribution in [2.24, 2.45) is 5.41 Å². The highest BCUT2D eigenvalue weighted by Crippen LogP contribution is 2.48. The number of hydrogen-bond acceptors (Lipinski definition) is 2. The van der Waals surface area contributed by atoms with E-state index in [4.69, 9.17) is 4.74 Å². The lowest BCUT2D eigenvalue weighted by molar-refractivity contribution is -0.169. The second-order valence-corrected chi connectivity index (χ2v) is 5.61. The van der Waals surface area contributed by atoms with E-state index in [0.717, 1.165) is 32.1 Å². The van der Waals surface area contributed by atoms with Crippen molar-refractivity contribution in [1.82, 2.24) is 0 Å². The van der Waals surface area contributed by atoms with Crippen LogP contribution in [0.2, 0.25) is 0 Å². The van der Waals surface area contributed by atoms with Crippen LogP contribution in [-0.4, -0.2) is 11.6 Å². The molecule has 1 aliphatic rings. The molecular weight excluding hydrogens is 200 g/mol. The molecule has 0 aromatic rings. The molecule has 0 bridgehead atoms. The Morgan fingerprint density at radius 3 is 2.25 bits per heavy atom. The predicted molar refractivity (Wildman–Crippen MR) is 66.2 cm³/mol. The molecule has 0 heterocycles. The summed E-state index contributed by atoms with van der Waals surface area (Å²) in [6, 6.07) is 0. The summed E-state index contributed by atoms with van der Waals surface area (Å²) in [6.07, 6.45) is 5.33. The van der Waals surface area contributed by atoms with E-state index in [2.05, 4.69) is 27.4 Å². The number of carbonyl (C=O) groups excluding carboxylic acids is 1. The van der Waals surface area contributed by atoms with Crippen LogP contribution in [0, 0.1) is 5.41 Å². The molecule has 1 rings (SSSR count). The van der Waals surface area contributed by atoms with Crippen LogP contribution in [0.3, 0.4) is 0 Å². The summed E-state index contributed by atoms with van der Waals surface area (Å²) in [5.41, 5.74) is 0.282. The van der Waals surface area contributed by atoms with Crippen LogP contribution in [-0.2, 0) is 9.53 Å². The zero-order valence-corrected chi connectivity index (χ0v) is 11.1. The van der Waals surface area contributed by atoms with E-state index in [1.807, 2.05) is 0 Å². The van der Waals surface area contributed by atoms with Crippen LogP contribution in [0.15, 0.2) is 12.2 Å². The highest BCUT2D eigenvalue weighted by Gasteiger charge is 2.49. The second-order valence-electron chi connectivity index (χ2n) is 5.61. The third-order valence-electron chi connectivity index (χ3n) is 4.17. The molecule has 1 aliphatic carbocycles. The second kappa shape index (κ2) is 4.60. The molecule has 0 unspecified atom stereocenters. The molecule has 2 nitrogen and oxygen atoms in total. The monoisotopic (exact) mass is 224 g/mol. The molecule has 0 aromatic carbocycles. The van der Waals surface area contributed by atoms with E-state index in [-0.39, 0.29) is 17.0 Å². The zero-order valence-electron chi connectivity index (χ0n) is 11.1. The fraction of sp³-hybridized carbons (Fsp3) is 0.786. The Labute approximate surface area is 99.1 Å². The van der Waals surface area contributed by atoms with Crippen molar-refractivity contribution < 1.29 is 9.53 Å². The molecule has 2 heteroatoms. The highest BCUT2D eigenvalue weighted by atomic mass is 16.6. The Morgan fingerprint density at radius 1 is 1.38 bits per heavy atom. The van der Waals surface area contributed by atoms with Crippen molar-refractivity contribution in [2.45, 2.75) is 65.4 Å².